The van der Waals surface area contributed by atoms with Crippen molar-refractivity contribution in [3.8, 4) is 6.07 Å². The number of anilines is 1. The Bertz CT molecular complexity index is 954. The van der Waals surface area contributed by atoms with E-state index in [-0.39, 0.29) is 0 Å². The second-order valence-electron chi connectivity index (χ2n) is 5.53. The maximum atomic E-state index is 12.2. The molecule has 1 N–H and O–H groups in total. The third-order valence-corrected chi connectivity index (χ3v) is 5.25. The Morgan fingerprint density at radius 1 is 1.16 bits per heavy atom. The van der Waals surface area contributed by atoms with Gasteiger partial charge in [-0.15, -0.1) is 0 Å². The van der Waals surface area contributed by atoms with Gasteiger partial charge in [-0.05, 0) is 29.8 Å². The fraction of sp³-hybridized carbons (Fsp3) is 0.158. The predicted octanol–water partition coefficient (Wildman–Crippen LogP) is 4.12. The lowest BCUT2D eigenvalue weighted by Gasteiger charge is -2.08. The summed E-state index contributed by atoms with van der Waals surface area (Å²) in [5, 5.41) is 13.8. The molecule has 1 atom stereocenters. The number of aromatic nitrogens is 1. The average Bonchev–Trinajstić information content (AvgIpc) is 2.62. The van der Waals surface area contributed by atoms with Crippen LogP contribution >= 0.6 is 11.6 Å². The van der Waals surface area contributed by atoms with Gasteiger partial charge in [0.05, 0.1) is 17.1 Å². The Morgan fingerprint density at radius 2 is 1.96 bits per heavy atom. The van der Waals surface area contributed by atoms with Gasteiger partial charge in [0.1, 0.15) is 5.82 Å². The molecule has 4 nitrogen and oxygen atoms in total. The normalized spacial score (nSPS) is 11.8. The van der Waals surface area contributed by atoms with Gasteiger partial charge in [0.2, 0.25) is 0 Å². The third kappa shape index (κ3) is 4.56. The first-order chi connectivity index (χ1) is 12.2. The van der Waals surface area contributed by atoms with Gasteiger partial charge < -0.3 is 5.32 Å². The highest BCUT2D eigenvalue weighted by atomic mass is 35.5. The number of hydrogen-bond donors (Lipinski definition) is 1. The van der Waals surface area contributed by atoms with E-state index < -0.39 is 10.8 Å². The Labute approximate surface area is 153 Å². The quantitative estimate of drug-likeness (QED) is 0.709. The van der Waals surface area contributed by atoms with Crippen LogP contribution in [0.5, 0.6) is 0 Å². The maximum Gasteiger partial charge on any atom is 0.128 e. The van der Waals surface area contributed by atoms with Crippen molar-refractivity contribution in [1.29, 1.82) is 5.26 Å². The Kier molecular flexibility index (Phi) is 5.64. The SMILES string of the molecule is N#Cc1cc(NCCS(=O)Cc2ccccc2)nc2ccc(Cl)cc12. The first kappa shape index (κ1) is 17.4. The molecule has 0 aliphatic rings. The monoisotopic (exact) mass is 369 g/mol. The van der Waals surface area contributed by atoms with Crippen LogP contribution < -0.4 is 5.32 Å². The van der Waals surface area contributed by atoms with Crippen LogP contribution in [0.15, 0.2) is 54.6 Å². The lowest BCUT2D eigenvalue weighted by atomic mass is 10.1. The second-order valence-corrected chi connectivity index (χ2v) is 7.54. The van der Waals surface area contributed by atoms with Gasteiger partial charge in [0.25, 0.3) is 0 Å². The minimum Gasteiger partial charge on any atom is -0.369 e. The van der Waals surface area contributed by atoms with E-state index in [1.165, 1.54) is 0 Å². The molecule has 0 saturated carbocycles. The van der Waals surface area contributed by atoms with E-state index in [1.807, 2.05) is 30.3 Å². The van der Waals surface area contributed by atoms with Gasteiger partial charge in [0, 0.05) is 39.3 Å². The molecule has 3 rings (SSSR count). The predicted molar refractivity (Wildman–Crippen MR) is 103 cm³/mol. The number of nitriles is 1. The van der Waals surface area contributed by atoms with Crippen LogP contribution in [0.3, 0.4) is 0 Å². The van der Waals surface area contributed by atoms with Crippen LogP contribution in [0.25, 0.3) is 10.9 Å². The van der Waals surface area contributed by atoms with E-state index in [1.54, 1.807) is 24.3 Å². The van der Waals surface area contributed by atoms with Gasteiger partial charge in [-0.2, -0.15) is 5.26 Å². The van der Waals surface area contributed by atoms with Gasteiger partial charge >= 0.3 is 0 Å². The summed E-state index contributed by atoms with van der Waals surface area (Å²) in [7, 11) is -0.955. The first-order valence-corrected chi connectivity index (χ1v) is 9.65. The summed E-state index contributed by atoms with van der Waals surface area (Å²) in [4.78, 5) is 4.49. The van der Waals surface area contributed by atoms with Crippen molar-refractivity contribution in [3.05, 3.63) is 70.7 Å². The van der Waals surface area contributed by atoms with Crippen molar-refractivity contribution in [1.82, 2.24) is 4.98 Å². The molecule has 6 heteroatoms. The van der Waals surface area contributed by atoms with Gasteiger partial charge in [-0.25, -0.2) is 4.98 Å². The van der Waals surface area contributed by atoms with E-state index in [4.69, 9.17) is 11.6 Å². The van der Waals surface area contributed by atoms with Crippen LogP contribution in [0.1, 0.15) is 11.1 Å². The molecule has 126 valence electrons. The zero-order valence-corrected chi connectivity index (χ0v) is 15.0. The van der Waals surface area contributed by atoms with E-state index in [0.717, 1.165) is 10.9 Å². The van der Waals surface area contributed by atoms with Gasteiger partial charge in [-0.1, -0.05) is 41.9 Å². The molecule has 0 aliphatic heterocycles. The smallest absolute Gasteiger partial charge is 0.128 e. The van der Waals surface area contributed by atoms with Crippen LogP contribution in [0, 0.1) is 11.3 Å². The number of halogens is 1. The zero-order valence-electron chi connectivity index (χ0n) is 13.4. The van der Waals surface area contributed by atoms with Crippen molar-refractivity contribution in [2.45, 2.75) is 5.75 Å². The largest absolute Gasteiger partial charge is 0.369 e. The van der Waals surface area contributed by atoms with Gasteiger partial charge in [-0.3, -0.25) is 4.21 Å². The first-order valence-electron chi connectivity index (χ1n) is 7.79. The lowest BCUT2D eigenvalue weighted by molar-refractivity contribution is 0.682. The Hall–Kier alpha value is -2.42. The van der Waals surface area contributed by atoms with E-state index in [2.05, 4.69) is 16.4 Å². The summed E-state index contributed by atoms with van der Waals surface area (Å²) < 4.78 is 12.2. The molecule has 1 heterocycles. The highest BCUT2D eigenvalue weighted by Gasteiger charge is 2.07. The molecule has 0 amide bonds. The number of rotatable bonds is 6. The van der Waals surface area contributed by atoms with Crippen LogP contribution in [-0.2, 0) is 16.6 Å². The molecule has 0 aliphatic carbocycles. The topological polar surface area (TPSA) is 65.8 Å². The molecule has 3 aromatic rings. The number of nitrogens with zero attached hydrogens (tertiary/aromatic N) is 2. The standard InChI is InChI=1S/C19H16ClN3OS/c20-16-6-7-18-17(11-16)15(12-21)10-19(23-18)22-8-9-25(24)13-14-4-2-1-3-5-14/h1-7,10-11H,8-9,13H2,(H,22,23). The number of benzene rings is 2. The Balaban J connectivity index is 1.64. The molecular weight excluding hydrogens is 354 g/mol. The van der Waals surface area contributed by atoms with Crippen molar-refractivity contribution >= 4 is 39.1 Å². The van der Waals surface area contributed by atoms with Crippen LogP contribution in [0.4, 0.5) is 5.82 Å². The second kappa shape index (κ2) is 8.11. The number of pyridine rings is 1. The summed E-state index contributed by atoms with van der Waals surface area (Å²) in [6.07, 6.45) is 0. The van der Waals surface area contributed by atoms with Crippen molar-refractivity contribution in [2.24, 2.45) is 0 Å². The van der Waals surface area contributed by atoms with Crippen LogP contribution in [0.2, 0.25) is 5.02 Å². The molecule has 0 radical (unpaired) electrons. The number of nitrogens with one attached hydrogen (secondary N) is 1. The molecular formula is C19H16ClN3OS. The molecule has 0 spiro atoms. The molecule has 0 fully saturated rings. The minimum atomic E-state index is -0.955. The molecule has 0 saturated heterocycles. The number of fused-ring (bicyclic) bond motifs is 1. The molecule has 1 unspecified atom stereocenters. The third-order valence-electron chi connectivity index (χ3n) is 3.70. The fourth-order valence-electron chi connectivity index (χ4n) is 2.51. The zero-order chi connectivity index (χ0) is 17.6. The summed E-state index contributed by atoms with van der Waals surface area (Å²) in [6.45, 7) is 0.524. The highest BCUT2D eigenvalue weighted by molar-refractivity contribution is 7.84. The fourth-order valence-corrected chi connectivity index (χ4v) is 3.72. The maximum absolute atomic E-state index is 12.2. The van der Waals surface area contributed by atoms with Crippen molar-refractivity contribution in [3.63, 3.8) is 0 Å². The van der Waals surface area contributed by atoms with E-state index >= 15 is 0 Å². The van der Waals surface area contributed by atoms with Crippen LogP contribution in [-0.4, -0.2) is 21.5 Å². The molecule has 1 aromatic heterocycles. The van der Waals surface area contributed by atoms with Crippen molar-refractivity contribution < 1.29 is 4.21 Å². The van der Waals surface area contributed by atoms with Crippen molar-refractivity contribution in [2.75, 3.05) is 17.6 Å². The lowest BCUT2D eigenvalue weighted by Crippen LogP contribution is -2.13. The Morgan fingerprint density at radius 3 is 2.72 bits per heavy atom. The average molecular weight is 370 g/mol. The summed E-state index contributed by atoms with van der Waals surface area (Å²) in [5.41, 5.74) is 2.28. The molecule has 2 aromatic carbocycles. The number of hydrogen-bond acceptors (Lipinski definition) is 4. The highest BCUT2D eigenvalue weighted by Crippen LogP contribution is 2.23. The minimum absolute atomic E-state index is 0.511. The molecule has 25 heavy (non-hydrogen) atoms. The van der Waals surface area contributed by atoms with Gasteiger partial charge in [0.15, 0.2) is 0 Å². The summed E-state index contributed by atoms with van der Waals surface area (Å²) in [6, 6.07) is 18.9. The van der Waals surface area contributed by atoms with E-state index in [9.17, 15) is 9.47 Å². The van der Waals surface area contributed by atoms with E-state index in [0.29, 0.717) is 40.0 Å². The summed E-state index contributed by atoms with van der Waals surface area (Å²) >= 11 is 5.99. The molecule has 0 bridgehead atoms. The summed E-state index contributed by atoms with van der Waals surface area (Å²) in [5.74, 6) is 1.65.